The summed E-state index contributed by atoms with van der Waals surface area (Å²) < 4.78 is 33.2. The van der Waals surface area contributed by atoms with Crippen LogP contribution < -0.4 is 0 Å². The number of sulfonamides is 1. The van der Waals surface area contributed by atoms with E-state index in [1.807, 2.05) is 6.07 Å². The van der Waals surface area contributed by atoms with Crippen molar-refractivity contribution in [2.24, 2.45) is 13.0 Å². The molecule has 128 valence electrons. The first-order valence-corrected chi connectivity index (χ1v) is 8.84. The number of pyridine rings is 1. The van der Waals surface area contributed by atoms with Gasteiger partial charge in [-0.3, -0.25) is 9.78 Å². The topological polar surface area (TPSA) is 94.4 Å². The highest BCUT2D eigenvalue weighted by molar-refractivity contribution is 7.89. The Bertz CT molecular complexity index is 834. The van der Waals surface area contributed by atoms with E-state index >= 15 is 0 Å². The molecule has 0 aromatic carbocycles. The van der Waals surface area contributed by atoms with Gasteiger partial charge in [0.1, 0.15) is 0 Å². The van der Waals surface area contributed by atoms with Crippen LogP contribution in [0.4, 0.5) is 0 Å². The lowest BCUT2D eigenvalue weighted by Crippen LogP contribution is -2.30. The summed E-state index contributed by atoms with van der Waals surface area (Å²) in [6, 6.07) is 5.37. The van der Waals surface area contributed by atoms with E-state index in [1.165, 1.54) is 23.9 Å². The molecule has 0 N–H and O–H groups in total. The summed E-state index contributed by atoms with van der Waals surface area (Å²) in [7, 11) is -0.770. The normalized spacial score (nSPS) is 21.8. The van der Waals surface area contributed by atoms with Gasteiger partial charge in [0, 0.05) is 44.1 Å². The number of hydrogen-bond donors (Lipinski definition) is 0. The fraction of sp³-hybridized carbons (Fsp3) is 0.400. The molecular weight excluding hydrogens is 332 g/mol. The highest BCUT2D eigenvalue weighted by atomic mass is 32.2. The third-order valence-electron chi connectivity index (χ3n) is 4.14. The number of carbonyl (C=O) groups excluding carboxylic acids is 1. The molecule has 3 heterocycles. The first-order valence-electron chi connectivity index (χ1n) is 7.40. The number of carbonyl (C=O) groups is 1. The Hall–Kier alpha value is -2.26. The number of ether oxygens (including phenoxy) is 1. The van der Waals surface area contributed by atoms with Crippen LogP contribution in [0.5, 0.6) is 0 Å². The second-order valence-electron chi connectivity index (χ2n) is 5.69. The molecule has 0 aliphatic carbocycles. The van der Waals surface area contributed by atoms with E-state index in [0.29, 0.717) is 5.69 Å². The van der Waals surface area contributed by atoms with Crippen LogP contribution in [-0.2, 0) is 26.6 Å². The van der Waals surface area contributed by atoms with Crippen molar-refractivity contribution in [3.8, 4) is 0 Å². The smallest absolute Gasteiger partial charge is 0.310 e. The number of aromatic nitrogens is 3. The molecule has 0 saturated carbocycles. The Labute approximate surface area is 140 Å². The highest BCUT2D eigenvalue weighted by Gasteiger charge is 2.45. The molecule has 2 atom stereocenters. The van der Waals surface area contributed by atoms with Gasteiger partial charge in [0.15, 0.2) is 5.03 Å². The Morgan fingerprint density at radius 1 is 1.29 bits per heavy atom. The maximum atomic E-state index is 12.8. The summed E-state index contributed by atoms with van der Waals surface area (Å²) in [5.74, 6) is -1.38. The van der Waals surface area contributed by atoms with Crippen LogP contribution in [0, 0.1) is 5.92 Å². The molecule has 9 heteroatoms. The molecule has 0 bridgehead atoms. The number of rotatable bonds is 4. The number of aryl methyl sites for hydroxylation is 1. The van der Waals surface area contributed by atoms with Gasteiger partial charge in [-0.2, -0.15) is 4.31 Å². The van der Waals surface area contributed by atoms with Crippen molar-refractivity contribution in [2.45, 2.75) is 10.9 Å². The van der Waals surface area contributed by atoms with Crippen molar-refractivity contribution in [2.75, 3.05) is 20.2 Å². The molecule has 1 saturated heterocycles. The summed E-state index contributed by atoms with van der Waals surface area (Å²) in [6.45, 7) is 0.211. The van der Waals surface area contributed by atoms with Crippen LogP contribution in [0.25, 0.3) is 0 Å². The third-order valence-corrected chi connectivity index (χ3v) is 5.86. The van der Waals surface area contributed by atoms with E-state index in [0.717, 1.165) is 0 Å². The van der Waals surface area contributed by atoms with Gasteiger partial charge in [-0.25, -0.2) is 13.4 Å². The lowest BCUT2D eigenvalue weighted by molar-refractivity contribution is -0.145. The van der Waals surface area contributed by atoms with Crippen molar-refractivity contribution in [3.63, 3.8) is 0 Å². The van der Waals surface area contributed by atoms with Crippen LogP contribution in [0.1, 0.15) is 11.6 Å². The summed E-state index contributed by atoms with van der Waals surface area (Å²) in [4.78, 5) is 20.3. The molecule has 24 heavy (non-hydrogen) atoms. The van der Waals surface area contributed by atoms with Crippen LogP contribution >= 0.6 is 0 Å². The number of esters is 1. The molecule has 2 unspecified atom stereocenters. The van der Waals surface area contributed by atoms with Gasteiger partial charge in [0.2, 0.25) is 0 Å². The lowest BCUT2D eigenvalue weighted by atomic mass is 9.92. The predicted molar refractivity (Wildman–Crippen MR) is 84.5 cm³/mol. The molecule has 1 aliphatic heterocycles. The molecule has 0 spiro atoms. The van der Waals surface area contributed by atoms with Gasteiger partial charge >= 0.3 is 5.97 Å². The molecule has 0 radical (unpaired) electrons. The Morgan fingerprint density at radius 2 is 2.08 bits per heavy atom. The quantitative estimate of drug-likeness (QED) is 0.741. The fourth-order valence-electron chi connectivity index (χ4n) is 2.90. The van der Waals surface area contributed by atoms with Gasteiger partial charge in [0.25, 0.3) is 10.0 Å². The van der Waals surface area contributed by atoms with Gasteiger partial charge in [0.05, 0.1) is 19.4 Å². The Balaban J connectivity index is 1.94. The maximum absolute atomic E-state index is 12.8. The van der Waals surface area contributed by atoms with Crippen molar-refractivity contribution < 1.29 is 17.9 Å². The average molecular weight is 350 g/mol. The molecule has 0 amide bonds. The largest absolute Gasteiger partial charge is 0.469 e. The number of nitrogens with zero attached hydrogens (tertiary/aromatic N) is 4. The van der Waals surface area contributed by atoms with E-state index in [9.17, 15) is 13.2 Å². The van der Waals surface area contributed by atoms with Crippen molar-refractivity contribution in [1.82, 2.24) is 18.8 Å². The SMILES string of the molecule is COC(=O)C1CN(S(=O)(=O)c2cn(C)cn2)CC1c1ccccn1. The van der Waals surface area contributed by atoms with E-state index in [-0.39, 0.29) is 24.0 Å². The molecule has 2 aromatic heterocycles. The lowest BCUT2D eigenvalue weighted by Gasteiger charge is -2.15. The van der Waals surface area contributed by atoms with E-state index in [4.69, 9.17) is 4.74 Å². The summed E-state index contributed by atoms with van der Waals surface area (Å²) in [5.41, 5.74) is 0.673. The highest BCUT2D eigenvalue weighted by Crippen LogP contribution is 2.35. The van der Waals surface area contributed by atoms with E-state index in [2.05, 4.69) is 9.97 Å². The third kappa shape index (κ3) is 2.92. The molecule has 8 nitrogen and oxygen atoms in total. The van der Waals surface area contributed by atoms with Crippen molar-refractivity contribution in [3.05, 3.63) is 42.6 Å². The second kappa shape index (κ2) is 6.33. The minimum absolute atomic E-state index is 0.0321. The average Bonchev–Trinajstić information content (AvgIpc) is 3.22. The first-order chi connectivity index (χ1) is 11.4. The number of hydrogen-bond acceptors (Lipinski definition) is 6. The maximum Gasteiger partial charge on any atom is 0.310 e. The summed E-state index contributed by atoms with van der Waals surface area (Å²) in [6.07, 6.45) is 4.49. The van der Waals surface area contributed by atoms with Gasteiger partial charge in [-0.1, -0.05) is 6.07 Å². The van der Waals surface area contributed by atoms with Crippen LogP contribution in [0.2, 0.25) is 0 Å². The molecular formula is C15H18N4O4S. The molecule has 1 aliphatic rings. The van der Waals surface area contributed by atoms with Crippen LogP contribution in [0.15, 0.2) is 41.9 Å². The van der Waals surface area contributed by atoms with Crippen molar-refractivity contribution >= 4 is 16.0 Å². The first kappa shape index (κ1) is 16.6. The molecule has 1 fully saturated rings. The molecule has 2 aromatic rings. The van der Waals surface area contributed by atoms with Gasteiger partial charge in [-0.05, 0) is 12.1 Å². The minimum atomic E-state index is -3.77. The predicted octanol–water partition coefficient (Wildman–Crippen LogP) is 0.392. The number of methoxy groups -OCH3 is 1. The monoisotopic (exact) mass is 350 g/mol. The standard InChI is InChI=1S/C15H18N4O4S/c1-18-9-14(17-10-18)24(21,22)19-7-11(12(8-19)15(20)23-2)13-5-3-4-6-16-13/h3-6,9-12H,7-8H2,1-2H3. The summed E-state index contributed by atoms with van der Waals surface area (Å²) >= 11 is 0. The zero-order valence-electron chi connectivity index (χ0n) is 13.4. The van der Waals surface area contributed by atoms with E-state index < -0.39 is 21.9 Å². The zero-order chi connectivity index (χ0) is 17.3. The van der Waals surface area contributed by atoms with E-state index in [1.54, 1.807) is 29.9 Å². The number of imidazole rings is 1. The fourth-order valence-corrected chi connectivity index (χ4v) is 4.36. The molecule has 3 rings (SSSR count). The van der Waals surface area contributed by atoms with Crippen LogP contribution in [-0.4, -0.2) is 53.4 Å². The van der Waals surface area contributed by atoms with Gasteiger partial charge < -0.3 is 9.30 Å². The minimum Gasteiger partial charge on any atom is -0.469 e. The van der Waals surface area contributed by atoms with Crippen molar-refractivity contribution in [1.29, 1.82) is 0 Å². The van der Waals surface area contributed by atoms with Gasteiger partial charge in [-0.15, -0.1) is 0 Å². The van der Waals surface area contributed by atoms with Crippen LogP contribution in [0.3, 0.4) is 0 Å². The Kier molecular flexibility index (Phi) is 4.37. The summed E-state index contributed by atoms with van der Waals surface area (Å²) in [5, 5.41) is -0.0321. The zero-order valence-corrected chi connectivity index (χ0v) is 14.2. The second-order valence-corrected chi connectivity index (χ2v) is 7.57. The Morgan fingerprint density at radius 3 is 2.67 bits per heavy atom.